The average molecular weight is 291 g/mol. The summed E-state index contributed by atoms with van der Waals surface area (Å²) < 4.78 is 1.77. The molecule has 1 saturated carbocycles. The summed E-state index contributed by atoms with van der Waals surface area (Å²) in [5.74, 6) is -0.486. The minimum absolute atomic E-state index is 0.269. The van der Waals surface area contributed by atoms with Gasteiger partial charge in [-0.1, -0.05) is 19.8 Å². The standard InChI is InChI=1S/C16H22N2O3/c1-12-7-4-5-9-16(12,2)15(20)21-17-14(19)13-8-6-10-18(3)11-13/h6,8,10-12H,4-5,7,9H2,1-3H3/p+1. The minimum Gasteiger partial charge on any atom is -0.340 e. The molecule has 1 heterocycles. The summed E-state index contributed by atoms with van der Waals surface area (Å²) in [4.78, 5) is 29.3. The van der Waals surface area contributed by atoms with Crippen molar-refractivity contribution in [2.45, 2.75) is 39.5 Å². The van der Waals surface area contributed by atoms with Gasteiger partial charge in [0.1, 0.15) is 12.6 Å². The molecule has 0 spiro atoms. The molecule has 1 aromatic heterocycles. The van der Waals surface area contributed by atoms with Gasteiger partial charge in [-0.3, -0.25) is 4.79 Å². The Hall–Kier alpha value is -1.91. The highest BCUT2D eigenvalue weighted by molar-refractivity contribution is 5.93. The van der Waals surface area contributed by atoms with Crippen molar-refractivity contribution in [2.24, 2.45) is 18.4 Å². The van der Waals surface area contributed by atoms with Crippen molar-refractivity contribution in [3.05, 3.63) is 30.1 Å². The minimum atomic E-state index is -0.507. The average Bonchev–Trinajstić information content (AvgIpc) is 2.47. The largest absolute Gasteiger partial charge is 0.340 e. The first-order chi connectivity index (χ1) is 9.93. The lowest BCUT2D eigenvalue weighted by atomic mass is 9.68. The predicted octanol–water partition coefficient (Wildman–Crippen LogP) is 1.92. The second-order valence-electron chi connectivity index (χ2n) is 6.14. The first-order valence-corrected chi connectivity index (χ1v) is 7.40. The van der Waals surface area contributed by atoms with Gasteiger partial charge in [0.2, 0.25) is 0 Å². The van der Waals surface area contributed by atoms with E-state index in [-0.39, 0.29) is 11.9 Å². The van der Waals surface area contributed by atoms with Gasteiger partial charge in [0.15, 0.2) is 12.4 Å². The van der Waals surface area contributed by atoms with Gasteiger partial charge >= 0.3 is 5.97 Å². The zero-order valence-electron chi connectivity index (χ0n) is 12.9. The number of rotatable bonds is 2. The lowest BCUT2D eigenvalue weighted by Crippen LogP contribution is -2.42. The molecule has 2 atom stereocenters. The summed E-state index contributed by atoms with van der Waals surface area (Å²) in [6, 6.07) is 3.44. The van der Waals surface area contributed by atoms with Crippen LogP contribution >= 0.6 is 0 Å². The Morgan fingerprint density at radius 1 is 1.43 bits per heavy atom. The number of carbonyl (C=O) groups is 2. The molecule has 2 rings (SSSR count). The van der Waals surface area contributed by atoms with Crippen molar-refractivity contribution in [2.75, 3.05) is 0 Å². The second-order valence-corrected chi connectivity index (χ2v) is 6.14. The zero-order chi connectivity index (χ0) is 15.5. The number of hydrogen-bond acceptors (Lipinski definition) is 3. The Kier molecular flexibility index (Phi) is 4.60. The fourth-order valence-electron chi connectivity index (χ4n) is 2.80. The summed E-state index contributed by atoms with van der Waals surface area (Å²) in [6.07, 6.45) is 7.51. The van der Waals surface area contributed by atoms with Gasteiger partial charge in [0.25, 0.3) is 5.91 Å². The summed E-state index contributed by atoms with van der Waals surface area (Å²) in [5.41, 5.74) is 2.21. The number of amides is 1. The summed E-state index contributed by atoms with van der Waals surface area (Å²) >= 11 is 0. The number of hydrogen-bond donors (Lipinski definition) is 1. The van der Waals surface area contributed by atoms with Crippen molar-refractivity contribution in [1.82, 2.24) is 5.48 Å². The fraction of sp³-hybridized carbons (Fsp3) is 0.562. The van der Waals surface area contributed by atoms with Crippen LogP contribution in [-0.2, 0) is 16.7 Å². The van der Waals surface area contributed by atoms with E-state index >= 15 is 0 Å². The topological polar surface area (TPSA) is 59.3 Å². The lowest BCUT2D eigenvalue weighted by Gasteiger charge is -2.36. The Balaban J connectivity index is 1.96. The van der Waals surface area contributed by atoms with Crippen molar-refractivity contribution >= 4 is 11.9 Å². The van der Waals surface area contributed by atoms with Crippen LogP contribution in [0.1, 0.15) is 49.9 Å². The van der Waals surface area contributed by atoms with Gasteiger partial charge in [-0.05, 0) is 31.7 Å². The normalized spacial score (nSPS) is 25.2. The van der Waals surface area contributed by atoms with E-state index in [1.165, 1.54) is 0 Å². The third-order valence-electron chi connectivity index (χ3n) is 4.58. The maximum absolute atomic E-state index is 12.3. The second kappa shape index (κ2) is 6.24. The fourth-order valence-corrected chi connectivity index (χ4v) is 2.80. The van der Waals surface area contributed by atoms with Crippen LogP contribution in [0, 0.1) is 11.3 Å². The van der Waals surface area contributed by atoms with E-state index in [1.807, 2.05) is 20.2 Å². The van der Waals surface area contributed by atoms with Gasteiger partial charge in [-0.2, -0.15) is 5.48 Å². The van der Waals surface area contributed by atoms with E-state index in [4.69, 9.17) is 4.84 Å². The summed E-state index contributed by atoms with van der Waals surface area (Å²) in [5, 5.41) is 0. The third-order valence-corrected chi connectivity index (χ3v) is 4.58. The molecule has 0 aromatic carbocycles. The molecule has 1 fully saturated rings. The maximum Gasteiger partial charge on any atom is 0.338 e. The molecule has 0 radical (unpaired) electrons. The molecule has 1 N–H and O–H groups in total. The van der Waals surface area contributed by atoms with Crippen LogP contribution in [0.5, 0.6) is 0 Å². The molecule has 5 nitrogen and oxygen atoms in total. The van der Waals surface area contributed by atoms with Crippen LogP contribution in [0.3, 0.4) is 0 Å². The van der Waals surface area contributed by atoms with Crippen molar-refractivity contribution < 1.29 is 19.0 Å². The molecule has 1 amide bonds. The number of nitrogens with zero attached hydrogens (tertiary/aromatic N) is 1. The molecule has 1 aliphatic carbocycles. The highest BCUT2D eigenvalue weighted by Gasteiger charge is 2.42. The van der Waals surface area contributed by atoms with E-state index in [0.717, 1.165) is 25.7 Å². The van der Waals surface area contributed by atoms with Crippen molar-refractivity contribution in [3.8, 4) is 0 Å². The smallest absolute Gasteiger partial charge is 0.338 e. The number of pyridine rings is 1. The molecule has 1 aromatic rings. The molecule has 1 aliphatic rings. The maximum atomic E-state index is 12.3. The van der Waals surface area contributed by atoms with E-state index < -0.39 is 11.3 Å². The van der Waals surface area contributed by atoms with Gasteiger partial charge in [0.05, 0.1) is 5.41 Å². The molecule has 5 heteroatoms. The number of aromatic nitrogens is 1. The Morgan fingerprint density at radius 3 is 2.86 bits per heavy atom. The third kappa shape index (κ3) is 3.40. The van der Waals surface area contributed by atoms with Crippen LogP contribution in [0.2, 0.25) is 0 Å². The van der Waals surface area contributed by atoms with Crippen molar-refractivity contribution in [3.63, 3.8) is 0 Å². The quantitative estimate of drug-likeness (QED) is 0.669. The van der Waals surface area contributed by atoms with Crippen LogP contribution in [0.4, 0.5) is 0 Å². The highest BCUT2D eigenvalue weighted by Crippen LogP contribution is 2.41. The molecular weight excluding hydrogens is 268 g/mol. The SMILES string of the molecule is CC1CCCCC1(C)C(=O)ONC(=O)c1ccc[n+](C)c1. The highest BCUT2D eigenvalue weighted by atomic mass is 16.7. The number of aryl methyl sites for hydroxylation is 1. The van der Waals surface area contributed by atoms with Gasteiger partial charge in [0, 0.05) is 6.07 Å². The van der Waals surface area contributed by atoms with Crippen molar-refractivity contribution in [1.29, 1.82) is 0 Å². The molecule has 21 heavy (non-hydrogen) atoms. The number of hydroxylamine groups is 1. The molecule has 0 bridgehead atoms. The number of nitrogens with one attached hydrogen (secondary N) is 1. The van der Waals surface area contributed by atoms with E-state index in [2.05, 4.69) is 12.4 Å². The molecule has 0 aliphatic heterocycles. The Labute approximate surface area is 125 Å². The molecule has 0 saturated heterocycles. The lowest BCUT2D eigenvalue weighted by molar-refractivity contribution is -0.671. The monoisotopic (exact) mass is 291 g/mol. The van der Waals surface area contributed by atoms with E-state index in [9.17, 15) is 9.59 Å². The van der Waals surface area contributed by atoms with Gasteiger partial charge in [-0.25, -0.2) is 9.36 Å². The molecule has 2 unspecified atom stereocenters. The predicted molar refractivity (Wildman–Crippen MR) is 76.9 cm³/mol. The van der Waals surface area contributed by atoms with E-state index in [0.29, 0.717) is 5.56 Å². The summed E-state index contributed by atoms with van der Waals surface area (Å²) in [6.45, 7) is 3.99. The molecule has 114 valence electrons. The first kappa shape index (κ1) is 15.5. The first-order valence-electron chi connectivity index (χ1n) is 7.40. The Bertz CT molecular complexity index is 544. The summed E-state index contributed by atoms with van der Waals surface area (Å²) in [7, 11) is 1.83. The van der Waals surface area contributed by atoms with E-state index in [1.54, 1.807) is 22.9 Å². The van der Waals surface area contributed by atoms with Crippen LogP contribution in [0.25, 0.3) is 0 Å². The van der Waals surface area contributed by atoms with Crippen LogP contribution in [-0.4, -0.2) is 11.9 Å². The molecular formula is C16H23N2O3+. The van der Waals surface area contributed by atoms with Gasteiger partial charge < -0.3 is 4.84 Å². The van der Waals surface area contributed by atoms with Crippen LogP contribution < -0.4 is 10.0 Å². The van der Waals surface area contributed by atoms with Crippen LogP contribution in [0.15, 0.2) is 24.5 Å². The zero-order valence-corrected chi connectivity index (χ0v) is 12.9. The van der Waals surface area contributed by atoms with Gasteiger partial charge in [-0.15, -0.1) is 0 Å². The number of carbonyl (C=O) groups excluding carboxylic acids is 2. The Morgan fingerprint density at radius 2 is 2.19 bits per heavy atom.